The molecule has 0 radical (unpaired) electrons. The molecular formula is C7H13ClN4O2. The monoisotopic (exact) mass is 220 g/mol. The first-order valence-electron chi connectivity index (χ1n) is 4.24. The number of hydrogen-bond donors (Lipinski definition) is 3. The second-order valence-corrected chi connectivity index (χ2v) is 3.50. The van der Waals surface area contributed by atoms with Crippen LogP contribution in [0.1, 0.15) is 6.42 Å². The molecule has 1 aliphatic rings. The van der Waals surface area contributed by atoms with Crippen molar-refractivity contribution in [3.05, 3.63) is 0 Å². The average molecular weight is 221 g/mol. The van der Waals surface area contributed by atoms with Gasteiger partial charge in [0.2, 0.25) is 0 Å². The Morgan fingerprint density at radius 3 is 3.00 bits per heavy atom. The molecule has 80 valence electrons. The van der Waals surface area contributed by atoms with Gasteiger partial charge in [-0.25, -0.2) is 0 Å². The van der Waals surface area contributed by atoms with Crippen molar-refractivity contribution in [3.63, 3.8) is 0 Å². The van der Waals surface area contributed by atoms with Crippen LogP contribution in [0.25, 0.3) is 0 Å². The summed E-state index contributed by atoms with van der Waals surface area (Å²) >= 11 is 5.71. The van der Waals surface area contributed by atoms with E-state index in [4.69, 9.17) is 28.2 Å². The molecule has 14 heavy (non-hydrogen) atoms. The lowest BCUT2D eigenvalue weighted by atomic mass is 10.1. The van der Waals surface area contributed by atoms with Crippen LogP contribution in [0, 0.1) is 0 Å². The predicted octanol–water partition coefficient (Wildman–Crippen LogP) is -1.02. The Bertz CT molecular complexity index is 258. The molecule has 6 nitrogen and oxygen atoms in total. The smallest absolute Gasteiger partial charge is 0.322 e. The minimum atomic E-state index is -1.06. The van der Waals surface area contributed by atoms with Gasteiger partial charge in [0.05, 0.1) is 6.04 Å². The van der Waals surface area contributed by atoms with E-state index in [1.54, 1.807) is 5.01 Å². The lowest BCUT2D eigenvalue weighted by molar-refractivity contribution is -0.140. The van der Waals surface area contributed by atoms with Crippen LogP contribution < -0.4 is 11.5 Å². The Balaban J connectivity index is 2.66. The molecule has 2 atom stereocenters. The van der Waals surface area contributed by atoms with Crippen molar-refractivity contribution < 1.29 is 9.90 Å². The van der Waals surface area contributed by atoms with Gasteiger partial charge in [0.15, 0.2) is 0 Å². The summed E-state index contributed by atoms with van der Waals surface area (Å²) in [7, 11) is 0. The predicted molar refractivity (Wildman–Crippen MR) is 53.1 cm³/mol. The number of halogens is 1. The maximum absolute atomic E-state index is 10.7. The van der Waals surface area contributed by atoms with Crippen LogP contribution >= 0.6 is 11.6 Å². The molecule has 1 heterocycles. The summed E-state index contributed by atoms with van der Waals surface area (Å²) in [6.45, 7) is 0.846. The van der Waals surface area contributed by atoms with Crippen molar-refractivity contribution in [1.29, 1.82) is 0 Å². The molecule has 0 amide bonds. The molecule has 5 N–H and O–H groups in total. The van der Waals surface area contributed by atoms with Crippen LogP contribution in [0.4, 0.5) is 0 Å². The highest BCUT2D eigenvalue weighted by atomic mass is 35.5. The summed E-state index contributed by atoms with van der Waals surface area (Å²) in [6.07, 6.45) is 0.370. The third-order valence-electron chi connectivity index (χ3n) is 2.06. The third kappa shape index (κ3) is 2.34. The van der Waals surface area contributed by atoms with E-state index in [9.17, 15) is 4.79 Å². The van der Waals surface area contributed by atoms with E-state index < -0.39 is 12.0 Å². The summed E-state index contributed by atoms with van der Waals surface area (Å²) in [4.78, 5) is 10.7. The largest absolute Gasteiger partial charge is 0.480 e. The van der Waals surface area contributed by atoms with E-state index in [1.807, 2.05) is 0 Å². The third-order valence-corrected chi connectivity index (χ3v) is 2.29. The van der Waals surface area contributed by atoms with E-state index >= 15 is 0 Å². The van der Waals surface area contributed by atoms with Crippen LogP contribution in [0.2, 0.25) is 0 Å². The topological polar surface area (TPSA) is 105 Å². The first-order valence-corrected chi connectivity index (χ1v) is 4.62. The first kappa shape index (κ1) is 11.2. The number of carboxylic acid groups (broad SMARTS) is 1. The molecule has 1 rings (SSSR count). The molecule has 0 spiro atoms. The number of aliphatic carboxylic acids is 1. The van der Waals surface area contributed by atoms with Crippen LogP contribution in [0.15, 0.2) is 5.10 Å². The molecule has 0 saturated carbocycles. The number of hydrogen-bond acceptors (Lipinski definition) is 5. The van der Waals surface area contributed by atoms with Gasteiger partial charge >= 0.3 is 5.97 Å². The van der Waals surface area contributed by atoms with E-state index in [0.717, 1.165) is 0 Å². The zero-order chi connectivity index (χ0) is 10.7. The van der Waals surface area contributed by atoms with Crippen molar-refractivity contribution in [2.45, 2.75) is 18.5 Å². The van der Waals surface area contributed by atoms with E-state index in [1.165, 1.54) is 0 Å². The Kier molecular flexibility index (Phi) is 3.68. The number of rotatable bonds is 4. The Morgan fingerprint density at radius 1 is 1.86 bits per heavy atom. The summed E-state index contributed by atoms with van der Waals surface area (Å²) in [5.74, 6) is -1.06. The summed E-state index contributed by atoms with van der Waals surface area (Å²) < 4.78 is 0. The quantitative estimate of drug-likeness (QED) is 0.563. The van der Waals surface area contributed by atoms with Crippen LogP contribution in [0.3, 0.4) is 0 Å². The fraction of sp³-hybridized carbons (Fsp3) is 0.714. The molecule has 1 aliphatic heterocycles. The van der Waals surface area contributed by atoms with Gasteiger partial charge < -0.3 is 16.6 Å². The van der Waals surface area contributed by atoms with Gasteiger partial charge in [0, 0.05) is 19.5 Å². The van der Waals surface area contributed by atoms with E-state index in [2.05, 4.69) is 5.10 Å². The van der Waals surface area contributed by atoms with Gasteiger partial charge in [-0.3, -0.25) is 9.80 Å². The van der Waals surface area contributed by atoms with E-state index in [-0.39, 0.29) is 6.04 Å². The average Bonchev–Trinajstić information content (AvgIpc) is 2.46. The molecular weight excluding hydrogens is 208 g/mol. The number of nitrogens with zero attached hydrogens (tertiary/aromatic N) is 2. The highest BCUT2D eigenvalue weighted by Gasteiger charge is 2.34. The van der Waals surface area contributed by atoms with E-state index in [0.29, 0.717) is 24.7 Å². The normalized spacial score (nSPS) is 23.5. The lowest BCUT2D eigenvalue weighted by Crippen LogP contribution is -2.49. The Labute approximate surface area is 86.5 Å². The van der Waals surface area contributed by atoms with Gasteiger partial charge in [-0.1, -0.05) is 11.6 Å². The molecule has 0 aliphatic carbocycles. The molecule has 7 heteroatoms. The molecule has 0 aromatic rings. The number of carbonyl (C=O) groups is 1. The second kappa shape index (κ2) is 4.59. The highest BCUT2D eigenvalue weighted by molar-refractivity contribution is 6.65. The minimum absolute atomic E-state index is 0.370. The number of carboxylic acids is 1. The summed E-state index contributed by atoms with van der Waals surface area (Å²) in [6, 6.07) is -1.37. The molecule has 0 saturated heterocycles. The van der Waals surface area contributed by atoms with Crippen molar-refractivity contribution >= 4 is 22.7 Å². The molecule has 0 aromatic carbocycles. The Hall–Kier alpha value is -0.850. The molecule has 0 aromatic heterocycles. The SMILES string of the molecule is NCCN1N=C(Cl)CC1C(N)C(=O)O. The van der Waals surface area contributed by atoms with Crippen molar-refractivity contribution in [2.75, 3.05) is 13.1 Å². The highest BCUT2D eigenvalue weighted by Crippen LogP contribution is 2.19. The summed E-state index contributed by atoms with van der Waals surface area (Å²) in [5.41, 5.74) is 10.8. The summed E-state index contributed by atoms with van der Waals surface area (Å²) in [5, 5.41) is 14.6. The fourth-order valence-electron chi connectivity index (χ4n) is 1.36. The van der Waals surface area contributed by atoms with Crippen molar-refractivity contribution in [1.82, 2.24) is 5.01 Å². The maximum Gasteiger partial charge on any atom is 0.322 e. The van der Waals surface area contributed by atoms with Gasteiger partial charge in [0.25, 0.3) is 0 Å². The zero-order valence-electron chi connectivity index (χ0n) is 7.56. The van der Waals surface area contributed by atoms with Crippen molar-refractivity contribution in [3.8, 4) is 0 Å². The van der Waals surface area contributed by atoms with Crippen LogP contribution in [-0.2, 0) is 4.79 Å². The maximum atomic E-state index is 10.7. The van der Waals surface area contributed by atoms with Gasteiger partial charge in [0.1, 0.15) is 11.2 Å². The van der Waals surface area contributed by atoms with Gasteiger partial charge in [-0.2, -0.15) is 5.10 Å². The Morgan fingerprint density at radius 2 is 2.50 bits per heavy atom. The molecule has 0 bridgehead atoms. The van der Waals surface area contributed by atoms with Gasteiger partial charge in [-0.15, -0.1) is 0 Å². The van der Waals surface area contributed by atoms with Gasteiger partial charge in [-0.05, 0) is 0 Å². The van der Waals surface area contributed by atoms with Crippen LogP contribution in [0.5, 0.6) is 0 Å². The first-order chi connectivity index (χ1) is 6.56. The minimum Gasteiger partial charge on any atom is -0.480 e. The standard InChI is InChI=1S/C7H13ClN4O2/c8-5-3-4(6(10)7(13)14)12(11-5)2-1-9/h4,6H,1-3,9-10H2,(H,13,14). The fourth-order valence-corrected chi connectivity index (χ4v) is 1.61. The lowest BCUT2D eigenvalue weighted by Gasteiger charge is -2.25. The zero-order valence-corrected chi connectivity index (χ0v) is 8.31. The number of hydrazone groups is 1. The van der Waals surface area contributed by atoms with Crippen LogP contribution in [-0.4, -0.2) is 46.4 Å². The molecule has 2 unspecified atom stereocenters. The van der Waals surface area contributed by atoms with Crippen molar-refractivity contribution in [2.24, 2.45) is 16.6 Å². The molecule has 0 fully saturated rings. The number of nitrogens with two attached hydrogens (primary N) is 2. The second-order valence-electron chi connectivity index (χ2n) is 3.06.